The van der Waals surface area contributed by atoms with E-state index in [0.29, 0.717) is 19.8 Å². The molecule has 0 rings (SSSR count). The van der Waals surface area contributed by atoms with E-state index in [0.717, 1.165) is 0 Å². The average Bonchev–Trinajstić information content (AvgIpc) is 1.92. The summed E-state index contributed by atoms with van der Waals surface area (Å²) in [4.78, 5) is 0. The van der Waals surface area contributed by atoms with Crippen molar-refractivity contribution in [3.63, 3.8) is 0 Å². The fourth-order valence-corrected chi connectivity index (χ4v) is 0. The summed E-state index contributed by atoms with van der Waals surface area (Å²) < 4.78 is 8.33. The second-order valence-corrected chi connectivity index (χ2v) is 7.25. The zero-order chi connectivity index (χ0) is 20.0. The van der Waals surface area contributed by atoms with Gasteiger partial charge < -0.3 is 48.1 Å². The molecule has 0 bridgehead atoms. The van der Waals surface area contributed by atoms with Crippen LogP contribution in [0.1, 0.15) is 55.4 Å². The molecule has 0 aromatic rings. The summed E-state index contributed by atoms with van der Waals surface area (Å²) in [6.07, 6.45) is 0. The summed E-state index contributed by atoms with van der Waals surface area (Å²) >= 11 is 0.333. The van der Waals surface area contributed by atoms with Gasteiger partial charge in [0.1, 0.15) is 0 Å². The van der Waals surface area contributed by atoms with Crippen molar-refractivity contribution in [3.05, 3.63) is 27.7 Å². The van der Waals surface area contributed by atoms with E-state index < -0.39 is 22.4 Å². The molecule has 0 atom stereocenters. The topological polar surface area (TPSA) is 98.0 Å². The molecule has 22 heavy (non-hydrogen) atoms. The molecular weight excluding hydrogens is 456 g/mol. The van der Waals surface area contributed by atoms with Gasteiger partial charge in [-0.25, -0.2) is 0 Å². The van der Waals surface area contributed by atoms with Gasteiger partial charge in [-0.2, -0.15) is 0 Å². The molecule has 0 radical (unpaired) electrons. The van der Waals surface area contributed by atoms with Crippen molar-refractivity contribution >= 4 is 0 Å². The summed E-state index contributed by atoms with van der Waals surface area (Å²) in [5.74, 6) is 0. The van der Waals surface area contributed by atoms with E-state index in [4.69, 9.17) is 23.8 Å². The Morgan fingerprint density at radius 1 is 0.500 bits per heavy atom. The standard InChI is InChI=1S/4C4H9O.O.W/c4*1-4(2,3)5;;/h4*5H,1H2,2-3H3;;/q4*-1;;. The molecular formula is C16H36O5W-4. The van der Waals surface area contributed by atoms with Crippen molar-refractivity contribution in [3.8, 4) is 0 Å². The molecule has 0 saturated heterocycles. The van der Waals surface area contributed by atoms with Gasteiger partial charge in [-0.1, -0.05) is 77.8 Å². The fourth-order valence-electron chi connectivity index (χ4n) is 0. The first-order valence-corrected chi connectivity index (χ1v) is 7.67. The van der Waals surface area contributed by atoms with Crippen LogP contribution in [0.4, 0.5) is 0 Å². The van der Waals surface area contributed by atoms with Crippen LogP contribution in [0.5, 0.6) is 0 Å². The van der Waals surface area contributed by atoms with E-state index in [1.54, 1.807) is 55.4 Å². The van der Waals surface area contributed by atoms with Gasteiger partial charge in [-0.3, -0.25) is 0 Å². The average molecular weight is 492 g/mol. The predicted octanol–water partition coefficient (Wildman–Crippen LogP) is 2.24. The summed E-state index contributed by atoms with van der Waals surface area (Å²) in [6.45, 7) is 26.4. The molecule has 5 nitrogen and oxygen atoms in total. The molecule has 0 amide bonds. The number of hydrogen-bond acceptors (Lipinski definition) is 5. The SMILES string of the molecule is [CH2-]C(C)(C)O.[CH2-]C(C)(C)O.[CH2-]C(C)(C)O.[CH2-]C(C)(C)O.[O]=[W]. The molecule has 4 N–H and O–H groups in total. The van der Waals surface area contributed by atoms with Crippen LogP contribution < -0.4 is 0 Å². The van der Waals surface area contributed by atoms with Crippen molar-refractivity contribution in [2.45, 2.75) is 77.8 Å². The zero-order valence-corrected chi connectivity index (χ0v) is 18.4. The van der Waals surface area contributed by atoms with Gasteiger partial charge in [0.15, 0.2) is 0 Å². The van der Waals surface area contributed by atoms with Crippen LogP contribution in [-0.4, -0.2) is 42.8 Å². The molecule has 0 aromatic carbocycles. The number of aliphatic hydroxyl groups is 4. The van der Waals surface area contributed by atoms with Gasteiger partial charge in [0.25, 0.3) is 0 Å². The number of rotatable bonds is 0. The van der Waals surface area contributed by atoms with Gasteiger partial charge in [-0.05, 0) is 0 Å². The Morgan fingerprint density at radius 2 is 0.500 bits per heavy atom. The molecule has 0 spiro atoms. The molecule has 0 heterocycles. The van der Waals surface area contributed by atoms with E-state index in [2.05, 4.69) is 27.7 Å². The molecule has 140 valence electrons. The summed E-state index contributed by atoms with van der Waals surface area (Å²) in [5.41, 5.74) is -3.00. The third-order valence-electron chi connectivity index (χ3n) is 0. The Balaban J connectivity index is -0.0000000562. The van der Waals surface area contributed by atoms with Crippen LogP contribution in [0.3, 0.4) is 0 Å². The Hall–Kier alpha value is 0.328. The van der Waals surface area contributed by atoms with Crippen LogP contribution in [0.15, 0.2) is 0 Å². The third-order valence-corrected chi connectivity index (χ3v) is 0. The van der Waals surface area contributed by atoms with Gasteiger partial charge in [0.05, 0.1) is 0 Å². The second-order valence-electron chi connectivity index (χ2n) is 7.25. The van der Waals surface area contributed by atoms with E-state index in [9.17, 15) is 0 Å². The zero-order valence-electron chi connectivity index (χ0n) is 15.4. The Morgan fingerprint density at radius 3 is 0.500 bits per heavy atom. The van der Waals surface area contributed by atoms with Crippen molar-refractivity contribution < 1.29 is 43.6 Å². The fraction of sp³-hybridized carbons (Fsp3) is 0.750. The van der Waals surface area contributed by atoms with Crippen LogP contribution >= 0.6 is 0 Å². The maximum absolute atomic E-state index is 8.41. The van der Waals surface area contributed by atoms with Crippen molar-refractivity contribution in [2.24, 2.45) is 0 Å². The Kier molecular flexibility index (Phi) is 22.9. The maximum atomic E-state index is 8.41. The van der Waals surface area contributed by atoms with Crippen LogP contribution in [-0.2, 0) is 23.2 Å². The van der Waals surface area contributed by atoms with Crippen molar-refractivity contribution in [1.82, 2.24) is 0 Å². The second kappa shape index (κ2) is 14.9. The van der Waals surface area contributed by atoms with Gasteiger partial charge in [0.2, 0.25) is 0 Å². The molecule has 0 aromatic heterocycles. The monoisotopic (exact) mass is 492 g/mol. The summed E-state index contributed by atoms with van der Waals surface area (Å²) in [7, 11) is 0. The number of hydrogen-bond donors (Lipinski definition) is 4. The van der Waals surface area contributed by atoms with Gasteiger partial charge in [-0.15, -0.1) is 0 Å². The van der Waals surface area contributed by atoms with Gasteiger partial charge >= 0.3 is 23.2 Å². The molecule has 0 aliphatic heterocycles. The third kappa shape index (κ3) is 70500. The quantitative estimate of drug-likeness (QED) is 0.389. The Bertz CT molecular complexity index is 145. The molecule has 0 saturated carbocycles. The first kappa shape index (κ1) is 33.8. The van der Waals surface area contributed by atoms with Crippen LogP contribution in [0.2, 0.25) is 0 Å². The minimum absolute atomic E-state index is 0.333. The normalized spacial score (nSPS) is 11.1. The molecule has 0 aliphatic rings. The van der Waals surface area contributed by atoms with E-state index >= 15 is 0 Å². The van der Waals surface area contributed by atoms with E-state index in [1.165, 1.54) is 0 Å². The first-order chi connectivity index (χ1) is 9.00. The van der Waals surface area contributed by atoms with E-state index in [1.807, 2.05) is 0 Å². The molecule has 0 aliphatic carbocycles. The van der Waals surface area contributed by atoms with Crippen LogP contribution in [0.25, 0.3) is 0 Å². The summed E-state index contributed by atoms with van der Waals surface area (Å²) in [5, 5.41) is 33.6. The van der Waals surface area contributed by atoms with Gasteiger partial charge in [0, 0.05) is 0 Å². The molecule has 0 fully saturated rings. The minimum atomic E-state index is -0.750. The molecule has 0 unspecified atom stereocenters. The predicted molar refractivity (Wildman–Crippen MR) is 87.3 cm³/mol. The first-order valence-electron chi connectivity index (χ1n) is 6.48. The van der Waals surface area contributed by atoms with Crippen molar-refractivity contribution in [2.75, 3.05) is 0 Å². The summed E-state index contributed by atoms with van der Waals surface area (Å²) in [6, 6.07) is 0. The Labute approximate surface area is 149 Å². The molecule has 6 heteroatoms. The van der Waals surface area contributed by atoms with E-state index in [-0.39, 0.29) is 0 Å². The van der Waals surface area contributed by atoms with Crippen molar-refractivity contribution in [1.29, 1.82) is 0 Å². The van der Waals surface area contributed by atoms with Crippen LogP contribution in [0, 0.1) is 27.7 Å².